The molecule has 4 nitrogen and oxygen atoms in total. The van der Waals surface area contributed by atoms with Crippen molar-refractivity contribution in [1.29, 1.82) is 0 Å². The minimum Gasteiger partial charge on any atom is -0.457 e. The number of hydrogen-bond acceptors (Lipinski definition) is 3. The molecule has 0 fully saturated rings. The van der Waals surface area contributed by atoms with Crippen LogP contribution in [-0.2, 0) is 22.5 Å². The van der Waals surface area contributed by atoms with Crippen LogP contribution in [0.15, 0.2) is 54.6 Å². The lowest BCUT2D eigenvalue weighted by Gasteiger charge is -2.30. The predicted octanol–water partition coefficient (Wildman–Crippen LogP) is 8.87. The molecule has 0 aliphatic carbocycles. The van der Waals surface area contributed by atoms with Crippen LogP contribution >= 0.6 is 0 Å². The minimum absolute atomic E-state index is 0.0215. The van der Waals surface area contributed by atoms with Crippen molar-refractivity contribution in [3.05, 3.63) is 65.7 Å². The van der Waals surface area contributed by atoms with Gasteiger partial charge in [0.05, 0.1) is 20.6 Å². The summed E-state index contributed by atoms with van der Waals surface area (Å²) in [6.45, 7) is 4.28. The molecule has 212 valence electrons. The van der Waals surface area contributed by atoms with E-state index in [2.05, 4.69) is 57.4 Å². The summed E-state index contributed by atoms with van der Waals surface area (Å²) in [5, 5.41) is 0. The van der Waals surface area contributed by atoms with Gasteiger partial charge in [0.15, 0.2) is 0 Å². The molecule has 2 rings (SSSR count). The lowest BCUT2D eigenvalue weighted by atomic mass is 10.0. The Labute approximate surface area is 233 Å². The smallest absolute Gasteiger partial charge is 0.308 e. The van der Waals surface area contributed by atoms with E-state index in [1.807, 2.05) is 18.2 Å². The molecule has 0 saturated heterocycles. The Kier molecular flexibility index (Phi) is 16.5. The van der Waals surface area contributed by atoms with E-state index in [1.165, 1.54) is 81.8 Å². The largest absolute Gasteiger partial charge is 0.457 e. The van der Waals surface area contributed by atoms with Crippen molar-refractivity contribution in [3.63, 3.8) is 0 Å². The number of nitrogens with zero attached hydrogens (tertiary/aromatic N) is 1. The molecule has 4 heteroatoms. The summed E-state index contributed by atoms with van der Waals surface area (Å²) >= 11 is 0. The van der Waals surface area contributed by atoms with Crippen LogP contribution in [0, 0.1) is 0 Å². The number of esters is 1. The number of benzene rings is 2. The van der Waals surface area contributed by atoms with Gasteiger partial charge in [0, 0.05) is 12.0 Å². The van der Waals surface area contributed by atoms with E-state index >= 15 is 0 Å². The Morgan fingerprint density at radius 2 is 1.29 bits per heavy atom. The van der Waals surface area contributed by atoms with Gasteiger partial charge < -0.3 is 14.0 Å². The number of aryl methyl sites for hydroxylation is 1. The van der Waals surface area contributed by atoms with Gasteiger partial charge in [-0.3, -0.25) is 4.79 Å². The molecule has 0 atom stereocenters. The maximum Gasteiger partial charge on any atom is 0.308 e. The molecular formula is C34H54NO3+. The molecule has 38 heavy (non-hydrogen) atoms. The third kappa shape index (κ3) is 15.8. The van der Waals surface area contributed by atoms with Crippen LogP contribution in [-0.4, -0.2) is 37.9 Å². The van der Waals surface area contributed by atoms with Crippen molar-refractivity contribution in [2.75, 3.05) is 27.4 Å². The van der Waals surface area contributed by atoms with Crippen LogP contribution in [0.3, 0.4) is 0 Å². The van der Waals surface area contributed by atoms with Gasteiger partial charge in [-0.25, -0.2) is 0 Å². The fourth-order valence-corrected chi connectivity index (χ4v) is 4.95. The minimum atomic E-state index is -0.188. The van der Waals surface area contributed by atoms with E-state index < -0.39 is 0 Å². The Morgan fingerprint density at radius 1 is 0.684 bits per heavy atom. The topological polar surface area (TPSA) is 35.5 Å². The first-order valence-corrected chi connectivity index (χ1v) is 15.2. The molecule has 0 aromatic heterocycles. The second-order valence-corrected chi connectivity index (χ2v) is 11.5. The fraction of sp³-hybridized carbons (Fsp3) is 0.618. The van der Waals surface area contributed by atoms with E-state index in [1.54, 1.807) is 0 Å². The van der Waals surface area contributed by atoms with Crippen LogP contribution in [0.2, 0.25) is 0 Å². The molecule has 0 bridgehead atoms. The SMILES string of the molecule is CCCCCCCCCCCCCc1ccc(OCOC(=O)CCCC[N+](C)(C)Cc2ccccc2)cc1. The molecule has 0 saturated carbocycles. The normalized spacial score (nSPS) is 11.4. The zero-order valence-electron chi connectivity index (χ0n) is 24.6. The number of quaternary nitrogens is 1. The van der Waals surface area contributed by atoms with Crippen LogP contribution in [0.4, 0.5) is 0 Å². The molecule has 0 unspecified atom stereocenters. The van der Waals surface area contributed by atoms with Gasteiger partial charge >= 0.3 is 5.97 Å². The van der Waals surface area contributed by atoms with E-state index in [4.69, 9.17) is 9.47 Å². The zero-order valence-corrected chi connectivity index (χ0v) is 24.6. The number of carbonyl (C=O) groups is 1. The standard InChI is InChI=1S/C34H54NO3/c1-4-5-6-7-8-9-10-11-12-13-15-20-31-24-26-33(27-25-31)37-30-38-34(36)23-18-19-28-35(2,3)29-32-21-16-14-17-22-32/h14,16-17,21-22,24-27H,4-13,15,18-20,23,28-30H2,1-3H3/q+1. The Morgan fingerprint density at radius 3 is 1.92 bits per heavy atom. The Hall–Kier alpha value is -2.33. The van der Waals surface area contributed by atoms with Gasteiger partial charge in [-0.2, -0.15) is 0 Å². The molecule has 0 aliphatic rings. The highest BCUT2D eigenvalue weighted by Gasteiger charge is 2.15. The number of rotatable bonds is 22. The summed E-state index contributed by atoms with van der Waals surface area (Å²) in [7, 11) is 4.48. The highest BCUT2D eigenvalue weighted by molar-refractivity contribution is 5.69. The van der Waals surface area contributed by atoms with E-state index in [0.717, 1.165) is 42.6 Å². The zero-order chi connectivity index (χ0) is 27.3. The fourth-order valence-electron chi connectivity index (χ4n) is 4.95. The van der Waals surface area contributed by atoms with Gasteiger partial charge in [-0.1, -0.05) is 114 Å². The van der Waals surface area contributed by atoms with Crippen molar-refractivity contribution < 1.29 is 18.8 Å². The van der Waals surface area contributed by atoms with Gasteiger partial charge in [0.1, 0.15) is 12.3 Å². The summed E-state index contributed by atoms with van der Waals surface area (Å²) in [5.74, 6) is 0.562. The second kappa shape index (κ2) is 19.7. The third-order valence-electron chi connectivity index (χ3n) is 7.29. The van der Waals surface area contributed by atoms with E-state index in [9.17, 15) is 4.79 Å². The maximum atomic E-state index is 12.1. The van der Waals surface area contributed by atoms with Crippen LogP contribution in [0.1, 0.15) is 108 Å². The predicted molar refractivity (Wildman–Crippen MR) is 159 cm³/mol. The molecule has 2 aromatic rings. The molecular weight excluding hydrogens is 470 g/mol. The highest BCUT2D eigenvalue weighted by atomic mass is 16.7. The average Bonchev–Trinajstić information content (AvgIpc) is 2.91. The molecule has 0 N–H and O–H groups in total. The van der Waals surface area contributed by atoms with Crippen LogP contribution < -0.4 is 4.74 Å². The van der Waals surface area contributed by atoms with Gasteiger partial charge in [0.2, 0.25) is 6.79 Å². The monoisotopic (exact) mass is 524 g/mol. The molecule has 2 aromatic carbocycles. The Balaban J connectivity index is 1.46. The number of ether oxygens (including phenoxy) is 2. The summed E-state index contributed by atoms with van der Waals surface area (Å²) in [5.41, 5.74) is 2.69. The van der Waals surface area contributed by atoms with Crippen molar-refractivity contribution in [1.82, 2.24) is 0 Å². The lowest BCUT2D eigenvalue weighted by Crippen LogP contribution is -2.39. The quantitative estimate of drug-likeness (QED) is 0.0668. The molecule has 0 amide bonds. The maximum absolute atomic E-state index is 12.1. The average molecular weight is 525 g/mol. The number of carbonyl (C=O) groups excluding carboxylic acids is 1. The second-order valence-electron chi connectivity index (χ2n) is 11.5. The summed E-state index contributed by atoms with van der Waals surface area (Å²) < 4.78 is 11.8. The summed E-state index contributed by atoms with van der Waals surface area (Å²) in [4.78, 5) is 12.1. The van der Waals surface area contributed by atoms with Gasteiger partial charge in [-0.15, -0.1) is 0 Å². The molecule has 0 spiro atoms. The highest BCUT2D eigenvalue weighted by Crippen LogP contribution is 2.16. The van der Waals surface area contributed by atoms with Crippen molar-refractivity contribution in [2.45, 2.75) is 110 Å². The van der Waals surface area contributed by atoms with Crippen molar-refractivity contribution in [3.8, 4) is 5.75 Å². The number of unbranched alkanes of at least 4 members (excludes halogenated alkanes) is 11. The van der Waals surface area contributed by atoms with Gasteiger partial charge in [-0.05, 0) is 43.4 Å². The van der Waals surface area contributed by atoms with E-state index in [0.29, 0.717) is 6.42 Å². The van der Waals surface area contributed by atoms with Crippen molar-refractivity contribution >= 4 is 5.97 Å². The lowest BCUT2D eigenvalue weighted by molar-refractivity contribution is -0.903. The molecule has 0 aliphatic heterocycles. The molecule has 0 radical (unpaired) electrons. The third-order valence-corrected chi connectivity index (χ3v) is 7.29. The molecule has 0 heterocycles. The first-order chi connectivity index (χ1) is 18.5. The summed E-state index contributed by atoms with van der Waals surface area (Å²) in [6.07, 6.45) is 18.5. The summed E-state index contributed by atoms with van der Waals surface area (Å²) in [6, 6.07) is 18.8. The van der Waals surface area contributed by atoms with Gasteiger partial charge in [0.25, 0.3) is 0 Å². The van der Waals surface area contributed by atoms with Crippen LogP contribution in [0.5, 0.6) is 5.75 Å². The van der Waals surface area contributed by atoms with Crippen LogP contribution in [0.25, 0.3) is 0 Å². The van der Waals surface area contributed by atoms with E-state index in [-0.39, 0.29) is 12.8 Å². The first kappa shape index (κ1) is 31.9. The first-order valence-electron chi connectivity index (χ1n) is 15.2. The van der Waals surface area contributed by atoms with Crippen molar-refractivity contribution in [2.24, 2.45) is 0 Å². The number of hydrogen-bond donors (Lipinski definition) is 0. The Bertz CT molecular complexity index is 848.